The van der Waals surface area contributed by atoms with E-state index in [1.807, 2.05) is 19.3 Å². The van der Waals surface area contributed by atoms with E-state index in [4.69, 9.17) is 9.47 Å². The summed E-state index contributed by atoms with van der Waals surface area (Å²) < 4.78 is 17.0. The van der Waals surface area contributed by atoms with Crippen molar-refractivity contribution >= 4 is 28.3 Å². The molecule has 5 aromatic heterocycles. The second kappa shape index (κ2) is 8.55. The normalized spacial score (nSPS) is 19.0. The third-order valence-electron chi connectivity index (χ3n) is 7.45. The van der Waals surface area contributed by atoms with Gasteiger partial charge in [0.2, 0.25) is 5.95 Å². The number of nitrogens with zero attached hydrogens (tertiary/aromatic N) is 7. The topological polar surface area (TPSA) is 134 Å². The molecule has 12 nitrogen and oxygen atoms in total. The van der Waals surface area contributed by atoms with E-state index in [0.717, 1.165) is 24.8 Å². The van der Waals surface area contributed by atoms with Gasteiger partial charge in [-0.1, -0.05) is 0 Å². The molecule has 7 rings (SSSR count). The lowest BCUT2D eigenvalue weighted by molar-refractivity contribution is 0.0299. The standard InChI is InChI=1S/C26H26N8O4/c1-32-22-23(37-2)21(38-20-12-29-34-8-7-27-10-18(20)34)11-28-24(22)31-26(32)30-16-9-15(14-3-4-14)13-33(25(16)36)17-5-6-19(17)35/h7-14,17,19,35H,3-6H2,1-2H3,(H,28,30,31)/t17-,19+/m0/s1. The third kappa shape index (κ3) is 3.59. The Morgan fingerprint density at radius 3 is 2.74 bits per heavy atom. The summed E-state index contributed by atoms with van der Waals surface area (Å²) >= 11 is 0. The van der Waals surface area contributed by atoms with Crippen molar-refractivity contribution in [1.82, 2.24) is 33.7 Å². The number of aliphatic hydroxyl groups excluding tert-OH is 1. The molecule has 0 spiro atoms. The van der Waals surface area contributed by atoms with E-state index in [-0.39, 0.29) is 11.6 Å². The molecule has 0 amide bonds. The summed E-state index contributed by atoms with van der Waals surface area (Å²) in [4.78, 5) is 26.7. The van der Waals surface area contributed by atoms with Gasteiger partial charge in [0, 0.05) is 25.6 Å². The maximum absolute atomic E-state index is 13.4. The van der Waals surface area contributed by atoms with Crippen molar-refractivity contribution in [3.63, 3.8) is 0 Å². The van der Waals surface area contributed by atoms with Gasteiger partial charge in [-0.05, 0) is 43.2 Å². The number of rotatable bonds is 7. The summed E-state index contributed by atoms with van der Waals surface area (Å²) in [6.07, 6.45) is 13.3. The van der Waals surface area contributed by atoms with Crippen molar-refractivity contribution in [1.29, 1.82) is 0 Å². The number of pyridine rings is 2. The van der Waals surface area contributed by atoms with E-state index < -0.39 is 6.10 Å². The lowest BCUT2D eigenvalue weighted by Gasteiger charge is -2.34. The van der Waals surface area contributed by atoms with Gasteiger partial charge in [0.25, 0.3) is 5.56 Å². The molecule has 12 heteroatoms. The van der Waals surface area contributed by atoms with Gasteiger partial charge in [-0.15, -0.1) is 0 Å². The van der Waals surface area contributed by atoms with E-state index in [0.29, 0.717) is 57.9 Å². The van der Waals surface area contributed by atoms with Crippen LogP contribution < -0.4 is 20.3 Å². The molecule has 0 bridgehead atoms. The summed E-state index contributed by atoms with van der Waals surface area (Å²) in [6.45, 7) is 0. The van der Waals surface area contributed by atoms with Gasteiger partial charge >= 0.3 is 0 Å². The van der Waals surface area contributed by atoms with Crippen molar-refractivity contribution in [2.75, 3.05) is 12.4 Å². The molecule has 2 N–H and O–H groups in total. The van der Waals surface area contributed by atoms with Gasteiger partial charge in [0.15, 0.2) is 22.9 Å². The zero-order valence-corrected chi connectivity index (χ0v) is 20.9. The van der Waals surface area contributed by atoms with Gasteiger partial charge in [0.1, 0.15) is 16.7 Å². The van der Waals surface area contributed by atoms with Crippen LogP contribution in [0.25, 0.3) is 16.7 Å². The van der Waals surface area contributed by atoms with Crippen LogP contribution >= 0.6 is 0 Å². The first-order valence-corrected chi connectivity index (χ1v) is 12.6. The van der Waals surface area contributed by atoms with Gasteiger partial charge < -0.3 is 29.0 Å². The zero-order valence-electron chi connectivity index (χ0n) is 20.9. The molecule has 0 radical (unpaired) electrons. The lowest BCUT2D eigenvalue weighted by atomic mass is 9.88. The van der Waals surface area contributed by atoms with Crippen LogP contribution in [0, 0.1) is 0 Å². The van der Waals surface area contributed by atoms with Crippen molar-refractivity contribution in [2.45, 2.75) is 43.7 Å². The second-order valence-electron chi connectivity index (χ2n) is 9.85. The zero-order chi connectivity index (χ0) is 26.0. The Kier molecular flexibility index (Phi) is 5.11. The Bertz CT molecular complexity index is 1750. The van der Waals surface area contributed by atoms with Crippen molar-refractivity contribution in [3.05, 3.63) is 59.2 Å². The van der Waals surface area contributed by atoms with E-state index in [1.54, 1.807) is 51.7 Å². The number of aromatic nitrogens is 7. The van der Waals surface area contributed by atoms with Crippen LogP contribution in [0.5, 0.6) is 17.2 Å². The van der Waals surface area contributed by atoms with Crippen molar-refractivity contribution < 1.29 is 14.6 Å². The molecular weight excluding hydrogens is 488 g/mol. The predicted octanol–water partition coefficient (Wildman–Crippen LogP) is 3.29. The van der Waals surface area contributed by atoms with Crippen molar-refractivity contribution in [2.24, 2.45) is 7.05 Å². The monoisotopic (exact) mass is 514 g/mol. The van der Waals surface area contributed by atoms with Crippen LogP contribution in [0.2, 0.25) is 0 Å². The highest BCUT2D eigenvalue weighted by Gasteiger charge is 2.33. The number of hydrogen-bond acceptors (Lipinski definition) is 9. The summed E-state index contributed by atoms with van der Waals surface area (Å²) in [5, 5.41) is 17.8. The number of nitrogens with one attached hydrogen (secondary N) is 1. The Labute approximate surface area is 216 Å². The fourth-order valence-corrected chi connectivity index (χ4v) is 5.02. The number of fused-ring (bicyclic) bond motifs is 2. The quantitative estimate of drug-likeness (QED) is 0.336. The molecular formula is C26H26N8O4. The molecule has 0 aliphatic heterocycles. The summed E-state index contributed by atoms with van der Waals surface area (Å²) in [5.41, 5.74) is 3.07. The van der Waals surface area contributed by atoms with Gasteiger partial charge in [-0.2, -0.15) is 10.1 Å². The molecule has 2 aliphatic carbocycles. The number of hydrogen-bond donors (Lipinski definition) is 2. The van der Waals surface area contributed by atoms with Crippen LogP contribution in [0.4, 0.5) is 11.6 Å². The average Bonchev–Trinajstić information content (AvgIpc) is 3.63. The molecule has 5 heterocycles. The van der Waals surface area contributed by atoms with Crippen LogP contribution in [0.1, 0.15) is 43.2 Å². The molecule has 2 fully saturated rings. The smallest absolute Gasteiger partial charge is 0.274 e. The van der Waals surface area contributed by atoms with E-state index in [1.165, 1.54) is 0 Å². The number of aryl methyl sites for hydroxylation is 1. The molecule has 38 heavy (non-hydrogen) atoms. The van der Waals surface area contributed by atoms with Gasteiger partial charge in [-0.25, -0.2) is 9.50 Å². The van der Waals surface area contributed by atoms with Gasteiger partial charge in [-0.3, -0.25) is 9.78 Å². The minimum Gasteiger partial charge on any atom is -0.491 e. The van der Waals surface area contributed by atoms with E-state index in [9.17, 15) is 9.90 Å². The first-order chi connectivity index (χ1) is 18.5. The Morgan fingerprint density at radius 1 is 1.13 bits per heavy atom. The highest BCUT2D eigenvalue weighted by atomic mass is 16.5. The molecule has 2 saturated carbocycles. The van der Waals surface area contributed by atoms with Crippen LogP contribution in [-0.4, -0.2) is 52.0 Å². The third-order valence-corrected chi connectivity index (χ3v) is 7.45. The molecule has 5 aromatic rings. The Morgan fingerprint density at radius 2 is 2.00 bits per heavy atom. The number of imidazole rings is 1. The first kappa shape index (κ1) is 22.7. The summed E-state index contributed by atoms with van der Waals surface area (Å²) in [7, 11) is 3.38. The SMILES string of the molecule is COc1c(Oc2cnn3ccncc23)cnc2nc(Nc3cc(C4CC4)cn([C@H]4CC[C@H]4O)c3=O)n(C)c12. The Hall–Kier alpha value is -4.45. The summed E-state index contributed by atoms with van der Waals surface area (Å²) in [5.74, 6) is 2.23. The van der Waals surface area contributed by atoms with Crippen molar-refractivity contribution in [3.8, 4) is 17.2 Å². The maximum Gasteiger partial charge on any atom is 0.274 e. The lowest BCUT2D eigenvalue weighted by Crippen LogP contribution is -2.39. The average molecular weight is 515 g/mol. The second-order valence-corrected chi connectivity index (χ2v) is 9.85. The van der Waals surface area contributed by atoms with E-state index >= 15 is 0 Å². The molecule has 0 unspecified atom stereocenters. The fourth-order valence-electron chi connectivity index (χ4n) is 5.02. The van der Waals surface area contributed by atoms with Crippen LogP contribution in [-0.2, 0) is 7.05 Å². The minimum atomic E-state index is -0.499. The number of methoxy groups -OCH3 is 1. The molecule has 2 atom stereocenters. The van der Waals surface area contributed by atoms with Gasteiger partial charge in [0.05, 0.1) is 37.8 Å². The number of ether oxygens (including phenoxy) is 2. The predicted molar refractivity (Wildman–Crippen MR) is 138 cm³/mol. The summed E-state index contributed by atoms with van der Waals surface area (Å²) in [6, 6.07) is 1.71. The number of anilines is 2. The largest absolute Gasteiger partial charge is 0.491 e. The minimum absolute atomic E-state index is 0.184. The highest BCUT2D eigenvalue weighted by molar-refractivity contribution is 5.85. The Balaban J connectivity index is 1.28. The number of aliphatic hydroxyl groups is 1. The van der Waals surface area contributed by atoms with Crippen LogP contribution in [0.3, 0.4) is 0 Å². The highest BCUT2D eigenvalue weighted by Crippen LogP contribution is 2.42. The molecule has 194 valence electrons. The first-order valence-electron chi connectivity index (χ1n) is 12.6. The molecule has 0 saturated heterocycles. The molecule has 0 aromatic carbocycles. The van der Waals surface area contributed by atoms with Crippen LogP contribution in [0.15, 0.2) is 48.0 Å². The van der Waals surface area contributed by atoms with E-state index in [2.05, 4.69) is 25.4 Å². The maximum atomic E-state index is 13.4. The molecule has 2 aliphatic rings. The fraction of sp³-hybridized carbons (Fsp3) is 0.346.